The first-order chi connectivity index (χ1) is 4.26. The van der Waals surface area contributed by atoms with Gasteiger partial charge in [0.25, 0.3) is 0 Å². The summed E-state index contributed by atoms with van der Waals surface area (Å²) >= 11 is 0. The number of ether oxygens (including phenoxy) is 1. The molecule has 56 valence electrons. The number of hydrogen-bond acceptors (Lipinski definition) is 2. The Kier molecular flexibility index (Phi) is 4.72. The molecular formula is C7H16O2. The van der Waals surface area contributed by atoms with Gasteiger partial charge in [0.2, 0.25) is 0 Å². The molecule has 0 aromatic carbocycles. The van der Waals surface area contributed by atoms with E-state index in [1.807, 2.05) is 0 Å². The van der Waals surface area contributed by atoms with E-state index in [-0.39, 0.29) is 12.7 Å². The number of hydrogen-bond donors (Lipinski definition) is 1. The Bertz CT molecular complexity index is 59.9. The maximum Gasteiger partial charge on any atom is 0.0827 e. The van der Waals surface area contributed by atoms with Gasteiger partial charge in [-0.3, -0.25) is 0 Å². The molecule has 0 aliphatic heterocycles. The zero-order valence-electron chi connectivity index (χ0n) is 6.42. The molecule has 0 rings (SSSR count). The third-order valence-corrected chi connectivity index (χ3v) is 1.76. The van der Waals surface area contributed by atoms with E-state index in [2.05, 4.69) is 13.8 Å². The van der Waals surface area contributed by atoms with Gasteiger partial charge in [0.15, 0.2) is 0 Å². The summed E-state index contributed by atoms with van der Waals surface area (Å²) in [5, 5.41) is 8.70. The van der Waals surface area contributed by atoms with Crippen LogP contribution in [0.15, 0.2) is 0 Å². The highest BCUT2D eigenvalue weighted by Crippen LogP contribution is 2.08. The van der Waals surface area contributed by atoms with E-state index < -0.39 is 0 Å². The van der Waals surface area contributed by atoms with Crippen molar-refractivity contribution in [3.05, 3.63) is 0 Å². The summed E-state index contributed by atoms with van der Waals surface area (Å²) in [4.78, 5) is 0. The average molecular weight is 132 g/mol. The monoisotopic (exact) mass is 132 g/mol. The number of aliphatic hydroxyl groups excluding tert-OH is 1. The molecule has 0 heterocycles. The lowest BCUT2D eigenvalue weighted by atomic mass is 10.0. The van der Waals surface area contributed by atoms with E-state index >= 15 is 0 Å². The summed E-state index contributed by atoms with van der Waals surface area (Å²) in [5.41, 5.74) is 0. The van der Waals surface area contributed by atoms with Crippen LogP contribution in [0, 0.1) is 5.92 Å². The highest BCUT2D eigenvalue weighted by atomic mass is 16.5. The average Bonchev–Trinajstić information content (AvgIpc) is 1.90. The van der Waals surface area contributed by atoms with E-state index in [1.165, 1.54) is 0 Å². The van der Waals surface area contributed by atoms with Crippen LogP contribution in [0.5, 0.6) is 0 Å². The molecule has 9 heavy (non-hydrogen) atoms. The van der Waals surface area contributed by atoms with E-state index in [0.29, 0.717) is 5.92 Å². The Balaban J connectivity index is 3.50. The van der Waals surface area contributed by atoms with Crippen LogP contribution in [0.25, 0.3) is 0 Å². The van der Waals surface area contributed by atoms with Gasteiger partial charge in [0.1, 0.15) is 0 Å². The van der Waals surface area contributed by atoms with Gasteiger partial charge in [-0.05, 0) is 5.92 Å². The Morgan fingerprint density at radius 3 is 2.22 bits per heavy atom. The fourth-order valence-electron chi connectivity index (χ4n) is 0.750. The maximum atomic E-state index is 8.70. The molecule has 0 amide bonds. The van der Waals surface area contributed by atoms with Crippen molar-refractivity contribution in [3.63, 3.8) is 0 Å². The van der Waals surface area contributed by atoms with Gasteiger partial charge in [0.05, 0.1) is 12.7 Å². The van der Waals surface area contributed by atoms with Crippen molar-refractivity contribution in [1.29, 1.82) is 0 Å². The van der Waals surface area contributed by atoms with Gasteiger partial charge < -0.3 is 9.84 Å². The van der Waals surface area contributed by atoms with Crippen molar-refractivity contribution in [2.24, 2.45) is 5.92 Å². The predicted octanol–water partition coefficient (Wildman–Crippen LogP) is 1.04. The third kappa shape index (κ3) is 2.82. The van der Waals surface area contributed by atoms with Crippen LogP contribution >= 0.6 is 0 Å². The molecule has 0 aromatic rings. The second kappa shape index (κ2) is 4.77. The zero-order valence-corrected chi connectivity index (χ0v) is 6.42. The van der Waals surface area contributed by atoms with Crippen LogP contribution in [-0.4, -0.2) is 24.9 Å². The SMILES string of the molecule is CC[C@H](C)[C@@H](CO)OC. The minimum Gasteiger partial charge on any atom is -0.394 e. The first-order valence-corrected chi connectivity index (χ1v) is 3.39. The van der Waals surface area contributed by atoms with Gasteiger partial charge in [-0.25, -0.2) is 0 Å². The largest absolute Gasteiger partial charge is 0.394 e. The first kappa shape index (κ1) is 8.92. The molecule has 2 nitrogen and oxygen atoms in total. The van der Waals surface area contributed by atoms with E-state index in [9.17, 15) is 0 Å². The Morgan fingerprint density at radius 2 is 2.11 bits per heavy atom. The minimum absolute atomic E-state index is 0.0231. The fourth-order valence-corrected chi connectivity index (χ4v) is 0.750. The van der Waals surface area contributed by atoms with Gasteiger partial charge in [0, 0.05) is 7.11 Å². The molecule has 0 fully saturated rings. The van der Waals surface area contributed by atoms with Gasteiger partial charge in [-0.15, -0.1) is 0 Å². The lowest BCUT2D eigenvalue weighted by Crippen LogP contribution is -2.23. The van der Waals surface area contributed by atoms with Crippen LogP contribution in [0.3, 0.4) is 0 Å². The molecule has 0 aliphatic rings. The molecular weight excluding hydrogens is 116 g/mol. The van der Waals surface area contributed by atoms with E-state index in [0.717, 1.165) is 6.42 Å². The molecule has 2 heteroatoms. The van der Waals surface area contributed by atoms with Crippen molar-refractivity contribution in [2.75, 3.05) is 13.7 Å². The molecule has 0 aliphatic carbocycles. The van der Waals surface area contributed by atoms with E-state index in [1.54, 1.807) is 7.11 Å². The van der Waals surface area contributed by atoms with E-state index in [4.69, 9.17) is 9.84 Å². The lowest BCUT2D eigenvalue weighted by Gasteiger charge is -2.18. The predicted molar refractivity (Wildman–Crippen MR) is 37.3 cm³/mol. The van der Waals surface area contributed by atoms with Crippen molar-refractivity contribution in [1.82, 2.24) is 0 Å². The first-order valence-electron chi connectivity index (χ1n) is 3.39. The molecule has 0 aromatic heterocycles. The number of rotatable bonds is 4. The van der Waals surface area contributed by atoms with Gasteiger partial charge >= 0.3 is 0 Å². The molecule has 0 saturated carbocycles. The fraction of sp³-hybridized carbons (Fsp3) is 1.00. The minimum atomic E-state index is 0.0231. The van der Waals surface area contributed by atoms with Crippen molar-refractivity contribution >= 4 is 0 Å². The summed E-state index contributed by atoms with van der Waals surface area (Å²) in [6.07, 6.45) is 1.08. The number of aliphatic hydroxyl groups is 1. The molecule has 0 spiro atoms. The van der Waals surface area contributed by atoms with Crippen LogP contribution in [0.2, 0.25) is 0 Å². The lowest BCUT2D eigenvalue weighted by molar-refractivity contribution is 0.0118. The summed E-state index contributed by atoms with van der Waals surface area (Å²) in [5.74, 6) is 0.458. The smallest absolute Gasteiger partial charge is 0.0827 e. The van der Waals surface area contributed by atoms with Gasteiger partial charge in [-0.2, -0.15) is 0 Å². The second-order valence-corrected chi connectivity index (χ2v) is 2.34. The summed E-state index contributed by atoms with van der Waals surface area (Å²) in [6, 6.07) is 0. The van der Waals surface area contributed by atoms with Crippen molar-refractivity contribution in [3.8, 4) is 0 Å². The normalized spacial score (nSPS) is 17.3. The highest BCUT2D eigenvalue weighted by Gasteiger charge is 2.12. The molecule has 0 unspecified atom stereocenters. The van der Waals surface area contributed by atoms with Crippen LogP contribution in [0.4, 0.5) is 0 Å². The zero-order chi connectivity index (χ0) is 7.28. The molecule has 0 radical (unpaired) electrons. The Labute approximate surface area is 56.8 Å². The maximum absolute atomic E-state index is 8.70. The molecule has 2 atom stereocenters. The van der Waals surface area contributed by atoms with Crippen LogP contribution in [0.1, 0.15) is 20.3 Å². The summed E-state index contributed by atoms with van der Waals surface area (Å²) < 4.78 is 5.00. The highest BCUT2D eigenvalue weighted by molar-refractivity contribution is 4.61. The molecule has 0 saturated heterocycles. The van der Waals surface area contributed by atoms with Crippen molar-refractivity contribution in [2.45, 2.75) is 26.4 Å². The molecule has 1 N–H and O–H groups in total. The quantitative estimate of drug-likeness (QED) is 0.619. The summed E-state index contributed by atoms with van der Waals surface area (Å²) in [7, 11) is 1.63. The van der Waals surface area contributed by atoms with Gasteiger partial charge in [-0.1, -0.05) is 20.3 Å². The second-order valence-electron chi connectivity index (χ2n) is 2.34. The van der Waals surface area contributed by atoms with Crippen molar-refractivity contribution < 1.29 is 9.84 Å². The molecule has 0 bridgehead atoms. The van der Waals surface area contributed by atoms with Crippen LogP contribution < -0.4 is 0 Å². The Morgan fingerprint density at radius 1 is 1.56 bits per heavy atom. The van der Waals surface area contributed by atoms with Crippen LogP contribution in [-0.2, 0) is 4.74 Å². The standard InChI is InChI=1S/C7H16O2/c1-4-6(2)7(5-8)9-3/h6-8H,4-5H2,1-3H3/t6-,7+/m0/s1. The topological polar surface area (TPSA) is 29.5 Å². The Hall–Kier alpha value is -0.0800. The third-order valence-electron chi connectivity index (χ3n) is 1.76. The summed E-state index contributed by atoms with van der Waals surface area (Å²) in [6.45, 7) is 4.29. The number of methoxy groups -OCH3 is 1.